The highest BCUT2D eigenvalue weighted by Gasteiger charge is 2.19. The van der Waals surface area contributed by atoms with Gasteiger partial charge < -0.3 is 5.32 Å². The van der Waals surface area contributed by atoms with E-state index in [1.807, 2.05) is 6.07 Å². The molecule has 6 nitrogen and oxygen atoms in total. The normalized spacial score (nSPS) is 11.4. The van der Waals surface area contributed by atoms with E-state index in [0.29, 0.717) is 11.3 Å². The van der Waals surface area contributed by atoms with E-state index in [0.717, 1.165) is 5.56 Å². The molecule has 27 heavy (non-hydrogen) atoms. The summed E-state index contributed by atoms with van der Waals surface area (Å²) in [5.41, 5.74) is 1.93. The Balaban J connectivity index is 1.73. The van der Waals surface area contributed by atoms with Gasteiger partial charge in [0.1, 0.15) is 0 Å². The highest BCUT2D eigenvalue weighted by molar-refractivity contribution is 7.91. The van der Waals surface area contributed by atoms with Crippen molar-refractivity contribution in [1.29, 1.82) is 0 Å². The number of benzene rings is 1. The fourth-order valence-corrected chi connectivity index (χ4v) is 3.85. The maximum absolute atomic E-state index is 12.7. The molecule has 0 saturated carbocycles. The Morgan fingerprint density at radius 2 is 1.74 bits per heavy atom. The number of carbonyl (C=O) groups excluding carboxylic acids is 1. The molecule has 2 aromatic heterocycles. The van der Waals surface area contributed by atoms with Crippen molar-refractivity contribution in [3.8, 4) is 0 Å². The molecule has 0 radical (unpaired) electrons. The van der Waals surface area contributed by atoms with E-state index < -0.39 is 9.84 Å². The molecule has 0 aliphatic carbocycles. The van der Waals surface area contributed by atoms with E-state index in [2.05, 4.69) is 15.3 Å². The molecule has 0 aliphatic rings. The van der Waals surface area contributed by atoms with Crippen molar-refractivity contribution in [2.45, 2.75) is 16.7 Å². The van der Waals surface area contributed by atoms with Crippen LogP contribution in [-0.2, 0) is 14.6 Å². The Morgan fingerprint density at radius 3 is 2.41 bits per heavy atom. The predicted molar refractivity (Wildman–Crippen MR) is 103 cm³/mol. The second-order valence-electron chi connectivity index (χ2n) is 5.78. The van der Waals surface area contributed by atoms with E-state index in [1.54, 1.807) is 55.9 Å². The van der Waals surface area contributed by atoms with Crippen LogP contribution < -0.4 is 5.32 Å². The Labute approximate surface area is 157 Å². The topological polar surface area (TPSA) is 89.0 Å². The lowest BCUT2D eigenvalue weighted by molar-refractivity contribution is -0.111. The number of rotatable bonds is 5. The number of pyridine rings is 2. The molecule has 0 unspecified atom stereocenters. The number of amides is 1. The summed E-state index contributed by atoms with van der Waals surface area (Å²) in [5, 5.41) is 2.69. The van der Waals surface area contributed by atoms with Gasteiger partial charge >= 0.3 is 0 Å². The maximum atomic E-state index is 12.7. The number of sulfone groups is 1. The van der Waals surface area contributed by atoms with Gasteiger partial charge in [-0.3, -0.25) is 14.8 Å². The minimum atomic E-state index is -3.66. The molecule has 2 heterocycles. The summed E-state index contributed by atoms with van der Waals surface area (Å²) in [6.45, 7) is 1.72. The zero-order chi connectivity index (χ0) is 19.3. The minimum absolute atomic E-state index is 0.141. The van der Waals surface area contributed by atoms with Crippen LogP contribution in [0.4, 0.5) is 5.69 Å². The molecular formula is C20H17N3O3S. The van der Waals surface area contributed by atoms with Crippen molar-refractivity contribution >= 4 is 27.5 Å². The van der Waals surface area contributed by atoms with Gasteiger partial charge in [-0.1, -0.05) is 6.07 Å². The van der Waals surface area contributed by atoms with E-state index in [-0.39, 0.29) is 15.7 Å². The van der Waals surface area contributed by atoms with Crippen molar-refractivity contribution in [3.63, 3.8) is 0 Å². The molecule has 0 fully saturated rings. The number of hydrogen-bond donors (Lipinski definition) is 1. The monoisotopic (exact) mass is 379 g/mol. The van der Waals surface area contributed by atoms with Crippen LogP contribution in [0.2, 0.25) is 0 Å². The van der Waals surface area contributed by atoms with Crippen LogP contribution >= 0.6 is 0 Å². The van der Waals surface area contributed by atoms with Crippen LogP contribution in [0.1, 0.15) is 11.1 Å². The van der Waals surface area contributed by atoms with Gasteiger partial charge in [-0.25, -0.2) is 8.42 Å². The first-order valence-corrected chi connectivity index (χ1v) is 9.60. The second kappa shape index (κ2) is 7.92. The molecule has 1 amide bonds. The van der Waals surface area contributed by atoms with Crippen molar-refractivity contribution in [2.24, 2.45) is 0 Å². The third kappa shape index (κ3) is 4.45. The van der Waals surface area contributed by atoms with Crippen LogP contribution in [0, 0.1) is 6.92 Å². The van der Waals surface area contributed by atoms with Crippen LogP contribution in [0.25, 0.3) is 6.08 Å². The number of aryl methyl sites for hydroxylation is 1. The number of anilines is 1. The van der Waals surface area contributed by atoms with Crippen LogP contribution in [0.3, 0.4) is 0 Å². The lowest BCUT2D eigenvalue weighted by atomic mass is 10.2. The van der Waals surface area contributed by atoms with Gasteiger partial charge in [0.15, 0.2) is 0 Å². The lowest BCUT2D eigenvalue weighted by Gasteiger charge is -2.08. The molecule has 1 aromatic carbocycles. The van der Waals surface area contributed by atoms with Gasteiger partial charge in [0.05, 0.1) is 9.79 Å². The molecule has 136 valence electrons. The van der Waals surface area contributed by atoms with Crippen molar-refractivity contribution in [2.75, 3.05) is 5.32 Å². The average Bonchev–Trinajstić information content (AvgIpc) is 2.68. The summed E-state index contributed by atoms with van der Waals surface area (Å²) in [4.78, 5) is 20.2. The molecule has 0 bridgehead atoms. The van der Waals surface area contributed by atoms with Gasteiger partial charge in [0, 0.05) is 36.6 Å². The summed E-state index contributed by atoms with van der Waals surface area (Å²) in [6, 6.07) is 11.3. The summed E-state index contributed by atoms with van der Waals surface area (Å²) in [5.74, 6) is -0.322. The Bertz CT molecular complexity index is 1080. The highest BCUT2D eigenvalue weighted by atomic mass is 32.2. The Morgan fingerprint density at radius 1 is 1.00 bits per heavy atom. The Kier molecular flexibility index (Phi) is 5.42. The average molecular weight is 379 g/mol. The summed E-state index contributed by atoms with van der Waals surface area (Å²) in [7, 11) is -3.66. The molecule has 3 aromatic rings. The Hall–Kier alpha value is -3.32. The summed E-state index contributed by atoms with van der Waals surface area (Å²) in [6.07, 6.45) is 9.21. The predicted octanol–water partition coefficient (Wildman–Crippen LogP) is 3.27. The first-order valence-electron chi connectivity index (χ1n) is 8.12. The van der Waals surface area contributed by atoms with E-state index >= 15 is 0 Å². The minimum Gasteiger partial charge on any atom is -0.323 e. The number of nitrogens with one attached hydrogen (secondary N) is 1. The molecular weight excluding hydrogens is 362 g/mol. The van der Waals surface area contributed by atoms with Crippen molar-refractivity contribution in [1.82, 2.24) is 9.97 Å². The number of hydrogen-bond acceptors (Lipinski definition) is 5. The van der Waals surface area contributed by atoms with Crippen LogP contribution in [0.5, 0.6) is 0 Å². The zero-order valence-electron chi connectivity index (χ0n) is 14.5. The smallest absolute Gasteiger partial charge is 0.248 e. The summed E-state index contributed by atoms with van der Waals surface area (Å²) >= 11 is 0. The van der Waals surface area contributed by atoms with Crippen LogP contribution in [0.15, 0.2) is 83.1 Å². The largest absolute Gasteiger partial charge is 0.323 e. The molecule has 0 saturated heterocycles. The van der Waals surface area contributed by atoms with Gasteiger partial charge in [-0.2, -0.15) is 0 Å². The number of nitrogens with zero attached hydrogens (tertiary/aromatic N) is 2. The van der Waals surface area contributed by atoms with Gasteiger partial charge in [0.2, 0.25) is 15.7 Å². The van der Waals surface area contributed by atoms with Gasteiger partial charge in [0.25, 0.3) is 0 Å². The molecule has 0 aliphatic heterocycles. The maximum Gasteiger partial charge on any atom is 0.248 e. The first kappa shape index (κ1) is 18.5. The van der Waals surface area contributed by atoms with Crippen molar-refractivity contribution < 1.29 is 13.2 Å². The SMILES string of the molecule is Cc1ccncc1S(=O)(=O)c1ccc(NC(=O)C=Cc2cccnc2)cc1. The fourth-order valence-electron chi connectivity index (χ4n) is 2.41. The van der Waals surface area contributed by atoms with Gasteiger partial charge in [-0.15, -0.1) is 0 Å². The van der Waals surface area contributed by atoms with E-state index in [4.69, 9.17) is 0 Å². The molecule has 1 N–H and O–H groups in total. The second-order valence-corrected chi connectivity index (χ2v) is 7.70. The standard InChI is InChI=1S/C20H17N3O3S/c1-15-10-12-22-14-19(15)27(25,26)18-7-5-17(6-8-18)23-20(24)9-4-16-3-2-11-21-13-16/h2-14H,1H3,(H,23,24). The first-order chi connectivity index (χ1) is 13.0. The quantitative estimate of drug-likeness (QED) is 0.687. The number of aromatic nitrogens is 2. The van der Waals surface area contributed by atoms with E-state index in [9.17, 15) is 13.2 Å². The van der Waals surface area contributed by atoms with Crippen LogP contribution in [-0.4, -0.2) is 24.3 Å². The van der Waals surface area contributed by atoms with E-state index in [1.165, 1.54) is 24.4 Å². The third-order valence-electron chi connectivity index (χ3n) is 3.82. The third-order valence-corrected chi connectivity index (χ3v) is 5.72. The highest BCUT2D eigenvalue weighted by Crippen LogP contribution is 2.24. The number of carbonyl (C=O) groups is 1. The zero-order valence-corrected chi connectivity index (χ0v) is 15.3. The summed E-state index contributed by atoms with van der Waals surface area (Å²) < 4.78 is 25.4. The van der Waals surface area contributed by atoms with Gasteiger partial charge in [-0.05, 0) is 60.5 Å². The molecule has 0 spiro atoms. The molecule has 7 heteroatoms. The van der Waals surface area contributed by atoms with Crippen molar-refractivity contribution in [3.05, 3.63) is 84.5 Å². The fraction of sp³-hybridized carbons (Fsp3) is 0.0500. The lowest BCUT2D eigenvalue weighted by Crippen LogP contribution is -2.08. The molecule has 0 atom stereocenters. The molecule has 3 rings (SSSR count).